The zero-order chi connectivity index (χ0) is 20.5. The van der Waals surface area contributed by atoms with Gasteiger partial charge in [-0.1, -0.05) is 29.7 Å². The Kier molecular flexibility index (Phi) is 5.28. The Morgan fingerprint density at radius 1 is 1.25 bits per heavy atom. The molecule has 28 heavy (non-hydrogen) atoms. The molecule has 0 aromatic heterocycles. The fourth-order valence-electron chi connectivity index (χ4n) is 2.84. The number of hydrazone groups is 1. The van der Waals surface area contributed by atoms with E-state index in [0.29, 0.717) is 11.2 Å². The summed E-state index contributed by atoms with van der Waals surface area (Å²) in [6.45, 7) is 2.32. The Labute approximate surface area is 161 Å². The minimum absolute atomic E-state index is 0.172. The standard InChI is InChI=1S/C19H17BF2N3O3/c1-11-16(17(26)23-14-5-3-4-12(10-14)19(2,21)22)18(27)25(24-11)15-8-6-13(20-28)7-9-15/h3-10,16,28H,1-2H3,(H,23,26). The molecule has 9 heteroatoms. The van der Waals surface area contributed by atoms with Crippen LogP contribution in [0.15, 0.2) is 53.6 Å². The molecule has 2 aromatic carbocycles. The molecule has 143 valence electrons. The largest absolute Gasteiger partial charge is 0.450 e. The van der Waals surface area contributed by atoms with Crippen molar-refractivity contribution in [3.05, 3.63) is 54.1 Å². The normalized spacial score (nSPS) is 16.8. The first kappa shape index (κ1) is 19.7. The quantitative estimate of drug-likeness (QED) is 0.611. The predicted octanol–water partition coefficient (Wildman–Crippen LogP) is 2.01. The van der Waals surface area contributed by atoms with E-state index in [0.717, 1.165) is 19.4 Å². The second-order valence-corrected chi connectivity index (χ2v) is 6.50. The van der Waals surface area contributed by atoms with Crippen LogP contribution < -0.4 is 15.8 Å². The molecule has 1 aliphatic heterocycles. The Morgan fingerprint density at radius 3 is 2.54 bits per heavy atom. The molecule has 1 heterocycles. The number of alkyl halides is 2. The third-order valence-electron chi connectivity index (χ3n) is 4.32. The van der Waals surface area contributed by atoms with Crippen molar-refractivity contribution in [2.75, 3.05) is 10.3 Å². The summed E-state index contributed by atoms with van der Waals surface area (Å²) in [7, 11) is 0.925. The Bertz CT molecular complexity index is 942. The van der Waals surface area contributed by atoms with Crippen LogP contribution in [0.1, 0.15) is 19.4 Å². The molecule has 0 bridgehead atoms. The summed E-state index contributed by atoms with van der Waals surface area (Å²) in [5.41, 5.74) is 1.22. The zero-order valence-electron chi connectivity index (χ0n) is 15.2. The van der Waals surface area contributed by atoms with Crippen molar-refractivity contribution < 1.29 is 23.4 Å². The first-order chi connectivity index (χ1) is 13.2. The van der Waals surface area contributed by atoms with Gasteiger partial charge in [-0.2, -0.15) is 10.1 Å². The summed E-state index contributed by atoms with van der Waals surface area (Å²) >= 11 is 0. The first-order valence-corrected chi connectivity index (χ1v) is 8.46. The van der Waals surface area contributed by atoms with Gasteiger partial charge in [-0.3, -0.25) is 9.59 Å². The molecule has 0 saturated heterocycles. The van der Waals surface area contributed by atoms with Gasteiger partial charge in [-0.25, -0.2) is 8.78 Å². The van der Waals surface area contributed by atoms with Gasteiger partial charge >= 0.3 is 7.48 Å². The molecule has 0 fully saturated rings. The van der Waals surface area contributed by atoms with Crippen molar-refractivity contribution >= 4 is 41.8 Å². The average Bonchev–Trinajstić information content (AvgIpc) is 2.95. The van der Waals surface area contributed by atoms with Gasteiger partial charge in [0.25, 0.3) is 11.8 Å². The van der Waals surface area contributed by atoms with E-state index in [9.17, 15) is 18.4 Å². The van der Waals surface area contributed by atoms with Gasteiger partial charge in [0.15, 0.2) is 5.92 Å². The predicted molar refractivity (Wildman–Crippen MR) is 103 cm³/mol. The maximum Gasteiger partial charge on any atom is 0.326 e. The van der Waals surface area contributed by atoms with Crippen LogP contribution in [0.4, 0.5) is 20.2 Å². The third kappa shape index (κ3) is 3.94. The van der Waals surface area contributed by atoms with Crippen molar-refractivity contribution in [3.63, 3.8) is 0 Å². The fourth-order valence-corrected chi connectivity index (χ4v) is 2.84. The number of amides is 2. The van der Waals surface area contributed by atoms with Crippen LogP contribution >= 0.6 is 0 Å². The molecule has 2 N–H and O–H groups in total. The minimum atomic E-state index is -3.05. The number of anilines is 2. The molecule has 6 nitrogen and oxygen atoms in total. The maximum atomic E-state index is 13.5. The highest BCUT2D eigenvalue weighted by Crippen LogP contribution is 2.29. The lowest BCUT2D eigenvalue weighted by molar-refractivity contribution is -0.127. The summed E-state index contributed by atoms with van der Waals surface area (Å²) in [6.07, 6.45) is 0. The fraction of sp³-hybridized carbons (Fsp3) is 0.211. The Hall–Kier alpha value is -3.07. The second kappa shape index (κ2) is 7.51. The molecule has 0 aliphatic carbocycles. The van der Waals surface area contributed by atoms with E-state index in [2.05, 4.69) is 10.4 Å². The molecule has 1 unspecified atom stereocenters. The van der Waals surface area contributed by atoms with Gasteiger partial charge in [0.1, 0.15) is 0 Å². The van der Waals surface area contributed by atoms with Crippen LogP contribution in [-0.4, -0.2) is 30.0 Å². The highest BCUT2D eigenvalue weighted by molar-refractivity contribution is 6.45. The minimum Gasteiger partial charge on any atom is -0.450 e. The summed E-state index contributed by atoms with van der Waals surface area (Å²) in [4.78, 5) is 25.3. The molecule has 0 spiro atoms. The molecular formula is C19H17BF2N3O3. The number of carbonyl (C=O) groups excluding carboxylic acids is 2. The van der Waals surface area contributed by atoms with Crippen molar-refractivity contribution in [2.45, 2.75) is 19.8 Å². The van der Waals surface area contributed by atoms with Crippen LogP contribution in [0.5, 0.6) is 0 Å². The molecule has 0 saturated carbocycles. The van der Waals surface area contributed by atoms with Gasteiger partial charge in [0.2, 0.25) is 5.91 Å². The maximum absolute atomic E-state index is 13.5. The Balaban J connectivity index is 1.77. The molecule has 1 radical (unpaired) electrons. The number of nitrogens with zero attached hydrogens (tertiary/aromatic N) is 2. The van der Waals surface area contributed by atoms with Crippen molar-refractivity contribution in [1.29, 1.82) is 0 Å². The topological polar surface area (TPSA) is 82.0 Å². The van der Waals surface area contributed by atoms with Crippen LogP contribution in [0.25, 0.3) is 0 Å². The molecule has 1 atom stereocenters. The molecule has 1 aliphatic rings. The molecule has 2 aromatic rings. The third-order valence-corrected chi connectivity index (χ3v) is 4.32. The smallest absolute Gasteiger partial charge is 0.326 e. The van der Waals surface area contributed by atoms with E-state index in [1.165, 1.54) is 24.3 Å². The Morgan fingerprint density at radius 2 is 1.93 bits per heavy atom. The molecule has 2 amide bonds. The number of hydrogen-bond acceptors (Lipinski definition) is 4. The number of benzene rings is 2. The van der Waals surface area contributed by atoms with E-state index in [4.69, 9.17) is 5.02 Å². The van der Waals surface area contributed by atoms with Gasteiger partial charge in [0, 0.05) is 18.2 Å². The summed E-state index contributed by atoms with van der Waals surface area (Å²) in [5, 5.41) is 16.7. The van der Waals surface area contributed by atoms with E-state index >= 15 is 0 Å². The van der Waals surface area contributed by atoms with Gasteiger partial charge in [-0.05, 0) is 31.2 Å². The van der Waals surface area contributed by atoms with Crippen molar-refractivity contribution in [1.82, 2.24) is 0 Å². The van der Waals surface area contributed by atoms with Gasteiger partial charge in [0.05, 0.1) is 11.4 Å². The first-order valence-electron chi connectivity index (χ1n) is 8.46. The zero-order valence-corrected chi connectivity index (χ0v) is 15.2. The van der Waals surface area contributed by atoms with Crippen LogP contribution in [0.2, 0.25) is 0 Å². The van der Waals surface area contributed by atoms with E-state index in [1.807, 2.05) is 0 Å². The lowest BCUT2D eigenvalue weighted by Gasteiger charge is -2.16. The molecular weight excluding hydrogens is 367 g/mol. The number of carbonyl (C=O) groups is 2. The number of nitrogens with one attached hydrogen (secondary N) is 1. The summed E-state index contributed by atoms with van der Waals surface area (Å²) in [5.74, 6) is -5.40. The lowest BCUT2D eigenvalue weighted by Crippen LogP contribution is -2.36. The van der Waals surface area contributed by atoms with E-state index < -0.39 is 23.7 Å². The number of rotatable bonds is 5. The summed E-state index contributed by atoms with van der Waals surface area (Å²) in [6, 6.07) is 11.7. The number of halogens is 2. The van der Waals surface area contributed by atoms with Crippen LogP contribution in [0.3, 0.4) is 0 Å². The summed E-state index contributed by atoms with van der Waals surface area (Å²) < 4.78 is 27.0. The highest BCUT2D eigenvalue weighted by Gasteiger charge is 2.40. The molecule has 3 rings (SSSR count). The van der Waals surface area contributed by atoms with Gasteiger partial charge < -0.3 is 10.3 Å². The van der Waals surface area contributed by atoms with Crippen LogP contribution in [-0.2, 0) is 15.5 Å². The second-order valence-electron chi connectivity index (χ2n) is 6.50. The van der Waals surface area contributed by atoms with Crippen molar-refractivity contribution in [3.8, 4) is 0 Å². The van der Waals surface area contributed by atoms with E-state index in [-0.39, 0.29) is 17.0 Å². The van der Waals surface area contributed by atoms with E-state index in [1.54, 1.807) is 31.2 Å². The lowest BCUT2D eigenvalue weighted by atomic mass is 9.89. The SMILES string of the molecule is CC1=NN(c2ccc([B]O)cc2)C(=O)C1C(=O)Nc1cccc(C(C)(F)F)c1. The average molecular weight is 384 g/mol. The van der Waals surface area contributed by atoms with Gasteiger partial charge in [-0.15, -0.1) is 0 Å². The van der Waals surface area contributed by atoms with Crippen molar-refractivity contribution in [2.24, 2.45) is 11.0 Å². The highest BCUT2D eigenvalue weighted by atomic mass is 19.3. The van der Waals surface area contributed by atoms with Crippen LogP contribution in [0, 0.1) is 5.92 Å². The monoisotopic (exact) mass is 384 g/mol. The number of hydrogen-bond donors (Lipinski definition) is 2.